The van der Waals surface area contributed by atoms with Gasteiger partial charge in [0, 0.05) is 12.8 Å². The maximum atomic E-state index is 12.3. The average Bonchev–Trinajstić information content (AvgIpc) is 3.32. The van der Waals surface area contributed by atoms with Crippen LogP contribution in [0, 0.1) is 0 Å². The Morgan fingerprint density at radius 1 is 0.348 bits per heavy atom. The molecule has 1 unspecified atom stereocenters. The number of ether oxygens (including phenoxy) is 2. The molecule has 5 heteroatoms. The zero-order valence-corrected chi connectivity index (χ0v) is 41.9. The number of unbranched alkanes of at least 4 members (excludes halogenated alkanes) is 11. The number of carbonyl (C=O) groups excluding carboxylic acids is 2. The molecule has 0 aliphatic rings. The van der Waals surface area contributed by atoms with Gasteiger partial charge in [-0.05, 0) is 122 Å². The van der Waals surface area contributed by atoms with Crippen molar-refractivity contribution >= 4 is 11.9 Å². The van der Waals surface area contributed by atoms with Crippen molar-refractivity contribution in [3.63, 3.8) is 0 Å². The Morgan fingerprint density at radius 3 is 0.939 bits per heavy atom. The molecule has 0 aromatic heterocycles. The topological polar surface area (TPSA) is 72.8 Å². The number of hydrogen-bond acceptors (Lipinski definition) is 5. The molecular formula is C61H94O5. The molecule has 368 valence electrons. The number of carbonyl (C=O) groups is 2. The van der Waals surface area contributed by atoms with E-state index in [0.29, 0.717) is 12.8 Å². The van der Waals surface area contributed by atoms with Crippen LogP contribution in [-0.4, -0.2) is 36.4 Å². The SMILES string of the molecule is CC/C=C\C/C=C\C/C=C\C/C=C\C/C=C\C/C=C\C/C=C\C/C=C\CCCCC(=O)OC(CO)COC(=O)CCCCCCCCCCC/C=C\C/C=C\C/C=C\C/C=C\C/C=C\CC. The third-order valence-electron chi connectivity index (χ3n) is 10.3. The van der Waals surface area contributed by atoms with Gasteiger partial charge in [0.05, 0.1) is 6.61 Å². The summed E-state index contributed by atoms with van der Waals surface area (Å²) in [7, 11) is 0. The molecule has 0 fully saturated rings. The number of rotatable bonds is 45. The van der Waals surface area contributed by atoms with Crippen molar-refractivity contribution < 1.29 is 24.2 Å². The molecule has 0 spiro atoms. The Kier molecular flexibility index (Phi) is 51.1. The summed E-state index contributed by atoms with van der Waals surface area (Å²) in [6.07, 6.45) is 84.7. The second-order valence-electron chi connectivity index (χ2n) is 16.5. The van der Waals surface area contributed by atoms with Crippen LogP contribution in [0.25, 0.3) is 0 Å². The Bertz CT molecular complexity index is 1490. The van der Waals surface area contributed by atoms with E-state index in [-0.39, 0.29) is 31.6 Å². The Hall–Kier alpha value is -4.48. The first-order valence-corrected chi connectivity index (χ1v) is 26.0. The second-order valence-corrected chi connectivity index (χ2v) is 16.5. The van der Waals surface area contributed by atoms with Gasteiger partial charge < -0.3 is 14.6 Å². The van der Waals surface area contributed by atoms with Crippen LogP contribution < -0.4 is 0 Å². The molecular weight excluding hydrogens is 813 g/mol. The lowest BCUT2D eigenvalue weighted by Gasteiger charge is -2.15. The highest BCUT2D eigenvalue weighted by atomic mass is 16.6. The molecule has 0 rings (SSSR count). The van der Waals surface area contributed by atoms with Crippen LogP contribution in [0.15, 0.2) is 158 Å². The molecule has 0 aliphatic heterocycles. The standard InChI is InChI=1S/C61H94O5/c1-3-5-7-9-11-13-15-17-19-21-23-25-27-29-30-32-34-36-38-40-42-44-46-48-50-52-54-56-61(64)66-59(57-62)58-65-60(63)55-53-51-49-47-45-43-41-39-37-35-33-31-28-26-24-22-20-18-16-14-12-10-8-6-4-2/h5-8,11-14,17-20,23-26,29-31,33-34,36,40,42,46,48,59,62H,3-4,9-10,15-16,21-22,27-28,32,35,37-39,41,43-45,47,49-58H2,1-2H3/b7-5-,8-6-,13-11-,14-12-,19-17-,20-18-,25-23-,26-24-,30-29-,33-31-,36-34-,42-40-,48-46-. The molecule has 0 aromatic rings. The predicted octanol–water partition coefficient (Wildman–Crippen LogP) is 17.6. The van der Waals surface area contributed by atoms with Gasteiger partial charge in [0.15, 0.2) is 6.10 Å². The number of aliphatic hydroxyl groups is 1. The Labute approximate surface area is 405 Å². The van der Waals surface area contributed by atoms with Gasteiger partial charge >= 0.3 is 11.9 Å². The molecule has 5 nitrogen and oxygen atoms in total. The number of hydrogen-bond donors (Lipinski definition) is 1. The molecule has 0 amide bonds. The van der Waals surface area contributed by atoms with Crippen LogP contribution in [0.3, 0.4) is 0 Å². The van der Waals surface area contributed by atoms with Gasteiger partial charge in [-0.2, -0.15) is 0 Å². The smallest absolute Gasteiger partial charge is 0.306 e. The van der Waals surface area contributed by atoms with Crippen molar-refractivity contribution in [3.05, 3.63) is 158 Å². The van der Waals surface area contributed by atoms with Crippen LogP contribution in [0.5, 0.6) is 0 Å². The highest BCUT2D eigenvalue weighted by molar-refractivity contribution is 5.70. The predicted molar refractivity (Wildman–Crippen MR) is 287 cm³/mol. The maximum Gasteiger partial charge on any atom is 0.306 e. The van der Waals surface area contributed by atoms with E-state index in [2.05, 4.69) is 172 Å². The van der Waals surface area contributed by atoms with Crippen LogP contribution in [0.1, 0.15) is 194 Å². The third kappa shape index (κ3) is 52.1. The van der Waals surface area contributed by atoms with Crippen LogP contribution >= 0.6 is 0 Å². The lowest BCUT2D eigenvalue weighted by atomic mass is 10.1. The molecule has 0 heterocycles. The quantitative estimate of drug-likeness (QED) is 0.0374. The normalized spacial score (nSPS) is 13.6. The highest BCUT2D eigenvalue weighted by Gasteiger charge is 2.16. The first-order valence-electron chi connectivity index (χ1n) is 26.0. The fourth-order valence-corrected chi connectivity index (χ4v) is 6.48. The molecule has 66 heavy (non-hydrogen) atoms. The van der Waals surface area contributed by atoms with E-state index in [1.165, 1.54) is 38.5 Å². The van der Waals surface area contributed by atoms with E-state index in [1.807, 2.05) is 0 Å². The Morgan fingerprint density at radius 2 is 0.606 bits per heavy atom. The van der Waals surface area contributed by atoms with Crippen molar-refractivity contribution in [2.45, 2.75) is 200 Å². The van der Waals surface area contributed by atoms with Crippen molar-refractivity contribution in [3.8, 4) is 0 Å². The van der Waals surface area contributed by atoms with Crippen molar-refractivity contribution in [2.24, 2.45) is 0 Å². The highest BCUT2D eigenvalue weighted by Crippen LogP contribution is 2.13. The van der Waals surface area contributed by atoms with Gasteiger partial charge in [0.1, 0.15) is 6.61 Å². The number of allylic oxidation sites excluding steroid dienone is 26. The zero-order valence-electron chi connectivity index (χ0n) is 41.9. The minimum Gasteiger partial charge on any atom is -0.462 e. The van der Waals surface area contributed by atoms with E-state index >= 15 is 0 Å². The summed E-state index contributed by atoms with van der Waals surface area (Å²) < 4.78 is 10.6. The monoisotopic (exact) mass is 907 g/mol. The fraction of sp³-hybridized carbons (Fsp3) is 0.541. The lowest BCUT2D eigenvalue weighted by Crippen LogP contribution is -2.28. The van der Waals surface area contributed by atoms with E-state index in [1.54, 1.807) is 0 Å². The summed E-state index contributed by atoms with van der Waals surface area (Å²) in [6.45, 7) is 3.86. The summed E-state index contributed by atoms with van der Waals surface area (Å²) in [5, 5.41) is 9.63. The fourth-order valence-electron chi connectivity index (χ4n) is 6.48. The van der Waals surface area contributed by atoms with E-state index in [4.69, 9.17) is 9.47 Å². The molecule has 0 aliphatic carbocycles. The Balaban J connectivity index is 3.69. The van der Waals surface area contributed by atoms with Crippen LogP contribution in [0.2, 0.25) is 0 Å². The summed E-state index contributed by atoms with van der Waals surface area (Å²) >= 11 is 0. The summed E-state index contributed by atoms with van der Waals surface area (Å²) in [6, 6.07) is 0. The van der Waals surface area contributed by atoms with Crippen molar-refractivity contribution in [2.75, 3.05) is 13.2 Å². The first kappa shape index (κ1) is 61.5. The summed E-state index contributed by atoms with van der Waals surface area (Å²) in [5.74, 6) is -0.663. The van der Waals surface area contributed by atoms with E-state index < -0.39 is 6.10 Å². The second kappa shape index (κ2) is 54.9. The van der Waals surface area contributed by atoms with Gasteiger partial charge in [-0.3, -0.25) is 9.59 Å². The van der Waals surface area contributed by atoms with Crippen LogP contribution in [0.4, 0.5) is 0 Å². The molecule has 0 aromatic carbocycles. The molecule has 0 radical (unpaired) electrons. The summed E-state index contributed by atoms with van der Waals surface area (Å²) in [4.78, 5) is 24.5. The van der Waals surface area contributed by atoms with Gasteiger partial charge in [-0.1, -0.05) is 217 Å². The van der Waals surface area contributed by atoms with Gasteiger partial charge in [-0.15, -0.1) is 0 Å². The van der Waals surface area contributed by atoms with E-state index in [9.17, 15) is 14.7 Å². The van der Waals surface area contributed by atoms with Crippen molar-refractivity contribution in [1.82, 2.24) is 0 Å². The largest absolute Gasteiger partial charge is 0.462 e. The van der Waals surface area contributed by atoms with E-state index in [0.717, 1.165) is 122 Å². The molecule has 1 atom stereocenters. The number of esters is 2. The van der Waals surface area contributed by atoms with Gasteiger partial charge in [0.25, 0.3) is 0 Å². The van der Waals surface area contributed by atoms with Crippen molar-refractivity contribution in [1.29, 1.82) is 0 Å². The van der Waals surface area contributed by atoms with Gasteiger partial charge in [-0.25, -0.2) is 0 Å². The minimum absolute atomic E-state index is 0.0987. The number of aliphatic hydroxyl groups excluding tert-OH is 1. The van der Waals surface area contributed by atoms with Gasteiger partial charge in [0.2, 0.25) is 0 Å². The molecule has 0 saturated heterocycles. The maximum absolute atomic E-state index is 12.3. The average molecular weight is 907 g/mol. The van der Waals surface area contributed by atoms with Crippen LogP contribution in [-0.2, 0) is 19.1 Å². The first-order chi connectivity index (χ1) is 32.6. The molecule has 0 bridgehead atoms. The molecule has 0 saturated carbocycles. The summed E-state index contributed by atoms with van der Waals surface area (Å²) in [5.41, 5.74) is 0. The third-order valence-corrected chi connectivity index (χ3v) is 10.3. The lowest BCUT2D eigenvalue weighted by molar-refractivity contribution is -0.161. The molecule has 1 N–H and O–H groups in total. The minimum atomic E-state index is -0.812. The zero-order chi connectivity index (χ0) is 47.7.